The highest BCUT2D eigenvalue weighted by atomic mass is 35.5. The summed E-state index contributed by atoms with van der Waals surface area (Å²) in [6.07, 6.45) is 3.92. The van der Waals surface area contributed by atoms with Gasteiger partial charge in [0.05, 0.1) is 12.1 Å². The number of urea groups is 1. The third-order valence-electron chi connectivity index (χ3n) is 4.09. The Balaban J connectivity index is 1.81. The lowest BCUT2D eigenvalue weighted by molar-refractivity contribution is 0.122. The fourth-order valence-electron chi connectivity index (χ4n) is 3.09. The predicted octanol–water partition coefficient (Wildman–Crippen LogP) is 3.64. The topological polar surface area (TPSA) is 44.4 Å². The smallest absolute Gasteiger partial charge is 0.327 e. The Morgan fingerprint density at radius 2 is 1.82 bits per heavy atom. The lowest BCUT2D eigenvalue weighted by Crippen LogP contribution is -2.57. The van der Waals surface area contributed by atoms with Crippen molar-refractivity contribution in [2.24, 2.45) is 0 Å². The van der Waals surface area contributed by atoms with E-state index in [2.05, 4.69) is 22.9 Å². The SMILES string of the molecule is O=C1NC(c2ccc(Cl)cc2)C2c3ccccc3C=CN2N1. The second-order valence-electron chi connectivity index (χ2n) is 5.41. The summed E-state index contributed by atoms with van der Waals surface area (Å²) in [4.78, 5) is 12.0. The van der Waals surface area contributed by atoms with Gasteiger partial charge in [-0.05, 0) is 34.9 Å². The minimum absolute atomic E-state index is 0.0000699. The summed E-state index contributed by atoms with van der Waals surface area (Å²) in [6.45, 7) is 0. The molecule has 22 heavy (non-hydrogen) atoms. The van der Waals surface area contributed by atoms with E-state index >= 15 is 0 Å². The van der Waals surface area contributed by atoms with E-state index in [9.17, 15) is 4.79 Å². The minimum atomic E-state index is -0.208. The van der Waals surface area contributed by atoms with E-state index in [-0.39, 0.29) is 18.1 Å². The summed E-state index contributed by atoms with van der Waals surface area (Å²) in [7, 11) is 0. The Hall–Kier alpha value is -2.46. The molecule has 2 aromatic rings. The Kier molecular flexibility index (Phi) is 3.05. The molecule has 5 heteroatoms. The zero-order valence-electron chi connectivity index (χ0n) is 11.7. The van der Waals surface area contributed by atoms with Crippen molar-refractivity contribution >= 4 is 23.7 Å². The molecule has 2 amide bonds. The van der Waals surface area contributed by atoms with E-state index in [1.807, 2.05) is 53.7 Å². The van der Waals surface area contributed by atoms with Crippen LogP contribution in [0.4, 0.5) is 4.79 Å². The number of fused-ring (bicyclic) bond motifs is 3. The summed E-state index contributed by atoms with van der Waals surface area (Å²) in [6, 6.07) is 15.5. The number of hydrogen-bond acceptors (Lipinski definition) is 2. The number of benzene rings is 2. The lowest BCUT2D eigenvalue weighted by Gasteiger charge is -2.43. The van der Waals surface area contributed by atoms with E-state index in [0.717, 1.165) is 5.56 Å². The average Bonchev–Trinajstić information content (AvgIpc) is 2.54. The van der Waals surface area contributed by atoms with Crippen molar-refractivity contribution in [1.82, 2.24) is 15.8 Å². The summed E-state index contributed by atoms with van der Waals surface area (Å²) < 4.78 is 0. The van der Waals surface area contributed by atoms with Gasteiger partial charge in [0.1, 0.15) is 0 Å². The van der Waals surface area contributed by atoms with E-state index in [0.29, 0.717) is 5.02 Å². The summed E-state index contributed by atoms with van der Waals surface area (Å²) >= 11 is 5.98. The van der Waals surface area contributed by atoms with Gasteiger partial charge in [-0.1, -0.05) is 48.0 Å². The number of halogens is 1. The molecule has 2 aliphatic heterocycles. The van der Waals surface area contributed by atoms with Crippen molar-refractivity contribution < 1.29 is 4.79 Å². The molecule has 4 rings (SSSR count). The molecule has 2 atom stereocenters. The van der Waals surface area contributed by atoms with Crippen molar-refractivity contribution in [1.29, 1.82) is 0 Å². The largest absolute Gasteiger partial charge is 0.334 e. The first-order valence-electron chi connectivity index (χ1n) is 7.10. The maximum Gasteiger partial charge on any atom is 0.334 e. The first kappa shape index (κ1) is 13.2. The molecule has 0 bridgehead atoms. The Labute approximate surface area is 133 Å². The van der Waals surface area contributed by atoms with Crippen molar-refractivity contribution in [3.05, 3.63) is 76.4 Å². The molecule has 2 N–H and O–H groups in total. The Bertz CT molecular complexity index is 757. The zero-order chi connectivity index (χ0) is 15.1. The molecule has 2 heterocycles. The van der Waals surface area contributed by atoms with E-state index in [4.69, 9.17) is 11.6 Å². The van der Waals surface area contributed by atoms with Crippen LogP contribution in [0, 0.1) is 0 Å². The molecule has 0 aromatic heterocycles. The number of hydrazine groups is 1. The van der Waals surface area contributed by atoms with Crippen LogP contribution in [0.3, 0.4) is 0 Å². The van der Waals surface area contributed by atoms with Crippen molar-refractivity contribution in [3.63, 3.8) is 0 Å². The molecular weight excluding hydrogens is 298 g/mol. The molecule has 110 valence electrons. The second-order valence-corrected chi connectivity index (χ2v) is 5.85. The molecule has 0 radical (unpaired) electrons. The first-order chi connectivity index (χ1) is 10.7. The number of hydrogen-bond donors (Lipinski definition) is 2. The van der Waals surface area contributed by atoms with Crippen LogP contribution in [-0.2, 0) is 0 Å². The zero-order valence-corrected chi connectivity index (χ0v) is 12.4. The summed E-state index contributed by atoms with van der Waals surface area (Å²) in [5.41, 5.74) is 6.21. The molecular formula is C17H14ClN3O. The molecule has 1 saturated heterocycles. The monoisotopic (exact) mass is 311 g/mol. The van der Waals surface area contributed by atoms with Crippen LogP contribution >= 0.6 is 11.6 Å². The average molecular weight is 312 g/mol. The summed E-state index contributed by atoms with van der Waals surface area (Å²) in [5, 5.41) is 5.57. The maximum atomic E-state index is 12.0. The number of carbonyl (C=O) groups excluding carboxylic acids is 1. The van der Waals surface area contributed by atoms with Gasteiger partial charge >= 0.3 is 6.03 Å². The fraction of sp³-hybridized carbons (Fsp3) is 0.118. The van der Waals surface area contributed by atoms with Crippen molar-refractivity contribution in [2.45, 2.75) is 12.1 Å². The number of rotatable bonds is 1. The van der Waals surface area contributed by atoms with Gasteiger partial charge in [0.25, 0.3) is 0 Å². The third-order valence-corrected chi connectivity index (χ3v) is 4.34. The first-order valence-corrected chi connectivity index (χ1v) is 7.48. The van der Waals surface area contributed by atoms with Gasteiger partial charge in [-0.25, -0.2) is 10.2 Å². The predicted molar refractivity (Wildman–Crippen MR) is 85.9 cm³/mol. The normalized spacial score (nSPS) is 22.4. The molecule has 4 nitrogen and oxygen atoms in total. The van der Waals surface area contributed by atoms with Gasteiger partial charge in [0, 0.05) is 11.2 Å². The lowest BCUT2D eigenvalue weighted by atomic mass is 9.88. The third kappa shape index (κ3) is 2.12. The number of carbonyl (C=O) groups is 1. The van der Waals surface area contributed by atoms with Crippen LogP contribution in [0.5, 0.6) is 0 Å². The molecule has 0 saturated carbocycles. The highest BCUT2D eigenvalue weighted by molar-refractivity contribution is 6.30. The fourth-order valence-corrected chi connectivity index (χ4v) is 3.21. The molecule has 2 aliphatic rings. The number of amides is 2. The molecule has 2 aromatic carbocycles. The van der Waals surface area contributed by atoms with E-state index < -0.39 is 0 Å². The van der Waals surface area contributed by atoms with Crippen molar-refractivity contribution in [2.75, 3.05) is 0 Å². The number of nitrogens with zero attached hydrogens (tertiary/aromatic N) is 1. The van der Waals surface area contributed by atoms with Crippen LogP contribution in [0.2, 0.25) is 5.02 Å². The van der Waals surface area contributed by atoms with Crippen molar-refractivity contribution in [3.8, 4) is 0 Å². The van der Waals surface area contributed by atoms with Crippen LogP contribution in [0.1, 0.15) is 28.8 Å². The van der Waals surface area contributed by atoms with Crippen LogP contribution < -0.4 is 10.7 Å². The van der Waals surface area contributed by atoms with E-state index in [1.54, 1.807) is 0 Å². The number of nitrogens with one attached hydrogen (secondary N) is 2. The second kappa shape index (κ2) is 5.07. The van der Waals surface area contributed by atoms with Gasteiger partial charge in [-0.3, -0.25) is 5.01 Å². The minimum Gasteiger partial charge on any atom is -0.327 e. The highest BCUT2D eigenvalue weighted by Gasteiger charge is 2.37. The van der Waals surface area contributed by atoms with Gasteiger partial charge in [-0.2, -0.15) is 0 Å². The highest BCUT2D eigenvalue weighted by Crippen LogP contribution is 2.40. The summed E-state index contributed by atoms with van der Waals surface area (Å²) in [5.74, 6) is 0. The quantitative estimate of drug-likeness (QED) is 0.844. The molecule has 0 spiro atoms. The van der Waals surface area contributed by atoms with Crippen LogP contribution in [-0.4, -0.2) is 11.0 Å². The Morgan fingerprint density at radius 1 is 1.05 bits per heavy atom. The van der Waals surface area contributed by atoms with Crippen LogP contribution in [0.25, 0.3) is 6.08 Å². The van der Waals surface area contributed by atoms with Gasteiger partial charge in [0.15, 0.2) is 0 Å². The van der Waals surface area contributed by atoms with E-state index in [1.165, 1.54) is 11.1 Å². The standard InChI is InChI=1S/C17H14ClN3O/c18-13-7-5-12(6-8-13)15-16-14-4-2-1-3-11(14)9-10-21(16)20-17(22)19-15/h1-10,15-16H,(H2,19,20,22). The molecule has 2 unspecified atom stereocenters. The molecule has 0 aliphatic carbocycles. The van der Waals surface area contributed by atoms with Gasteiger partial charge in [-0.15, -0.1) is 0 Å². The maximum absolute atomic E-state index is 12.0. The van der Waals surface area contributed by atoms with Gasteiger partial charge < -0.3 is 5.32 Å². The van der Waals surface area contributed by atoms with Gasteiger partial charge in [0.2, 0.25) is 0 Å². The molecule has 1 fully saturated rings. The Morgan fingerprint density at radius 3 is 2.64 bits per heavy atom. The van der Waals surface area contributed by atoms with Crippen LogP contribution in [0.15, 0.2) is 54.7 Å².